The molecule has 1 heterocycles. The van der Waals surface area contributed by atoms with Crippen LogP contribution in [0.15, 0.2) is 18.2 Å². The Hall–Kier alpha value is -1.99. The van der Waals surface area contributed by atoms with Gasteiger partial charge >= 0.3 is 5.97 Å². The van der Waals surface area contributed by atoms with Crippen molar-refractivity contribution in [1.82, 2.24) is 4.98 Å². The number of hydrogen-bond acceptors (Lipinski definition) is 5. The molecule has 0 aromatic carbocycles. The van der Waals surface area contributed by atoms with E-state index in [0.717, 1.165) is 0 Å². The molecule has 0 saturated heterocycles. The first kappa shape index (κ1) is 14.1. The molecule has 2 N–H and O–H groups in total. The van der Waals surface area contributed by atoms with Crippen LogP contribution in [-0.2, 0) is 14.3 Å². The number of amides is 1. The van der Waals surface area contributed by atoms with E-state index in [4.69, 9.17) is 14.6 Å². The zero-order chi connectivity index (χ0) is 13.4. The number of aromatic carboxylic acids is 1. The van der Waals surface area contributed by atoms with Crippen molar-refractivity contribution in [3.8, 4) is 0 Å². The van der Waals surface area contributed by atoms with Crippen LogP contribution >= 0.6 is 0 Å². The first-order chi connectivity index (χ1) is 8.63. The van der Waals surface area contributed by atoms with Gasteiger partial charge in [0.1, 0.15) is 12.4 Å². The van der Waals surface area contributed by atoms with Crippen LogP contribution in [0, 0.1) is 0 Å². The summed E-state index contributed by atoms with van der Waals surface area (Å²) in [4.78, 5) is 25.8. The van der Waals surface area contributed by atoms with Gasteiger partial charge in [-0.05, 0) is 12.1 Å². The third kappa shape index (κ3) is 4.89. The molecule has 18 heavy (non-hydrogen) atoms. The molecule has 0 fully saturated rings. The molecule has 98 valence electrons. The van der Waals surface area contributed by atoms with Crippen molar-refractivity contribution in [2.24, 2.45) is 0 Å². The number of carbonyl (C=O) groups excluding carboxylic acids is 1. The molecule has 0 bridgehead atoms. The Morgan fingerprint density at radius 2 is 2.17 bits per heavy atom. The summed E-state index contributed by atoms with van der Waals surface area (Å²) < 4.78 is 9.75. The van der Waals surface area contributed by atoms with E-state index in [0.29, 0.717) is 13.2 Å². The van der Waals surface area contributed by atoms with Crippen LogP contribution in [0.2, 0.25) is 0 Å². The van der Waals surface area contributed by atoms with E-state index in [-0.39, 0.29) is 18.1 Å². The number of carboxylic acids is 1. The minimum Gasteiger partial charge on any atom is -0.477 e. The van der Waals surface area contributed by atoms with Crippen molar-refractivity contribution < 1.29 is 24.2 Å². The Morgan fingerprint density at radius 1 is 1.39 bits per heavy atom. The molecule has 7 nitrogen and oxygen atoms in total. The quantitative estimate of drug-likeness (QED) is 0.683. The third-order valence-corrected chi connectivity index (χ3v) is 1.90. The number of hydrogen-bond donors (Lipinski definition) is 2. The van der Waals surface area contributed by atoms with Crippen LogP contribution in [0.1, 0.15) is 10.5 Å². The van der Waals surface area contributed by atoms with Crippen LogP contribution in [0.4, 0.5) is 5.82 Å². The van der Waals surface area contributed by atoms with Gasteiger partial charge in [-0.15, -0.1) is 0 Å². The fourth-order valence-electron chi connectivity index (χ4n) is 1.11. The first-order valence-electron chi connectivity index (χ1n) is 5.20. The summed E-state index contributed by atoms with van der Waals surface area (Å²) in [6.45, 7) is 0.578. The van der Waals surface area contributed by atoms with Crippen LogP contribution < -0.4 is 5.32 Å². The Morgan fingerprint density at radius 3 is 2.83 bits per heavy atom. The standard InChI is InChI=1S/C11H14N2O5/c1-17-5-6-18-7-10(14)13-9-4-2-3-8(12-9)11(15)16/h2-4H,5-7H2,1H3,(H,15,16)(H,12,13,14). The number of aromatic nitrogens is 1. The monoisotopic (exact) mass is 254 g/mol. The molecule has 1 aromatic rings. The minimum atomic E-state index is -1.15. The molecule has 0 aliphatic carbocycles. The predicted molar refractivity (Wildman–Crippen MR) is 62.5 cm³/mol. The van der Waals surface area contributed by atoms with Crippen molar-refractivity contribution in [3.05, 3.63) is 23.9 Å². The van der Waals surface area contributed by atoms with Gasteiger partial charge in [0.25, 0.3) is 5.91 Å². The summed E-state index contributed by atoms with van der Waals surface area (Å²) in [7, 11) is 1.53. The van der Waals surface area contributed by atoms with Crippen molar-refractivity contribution >= 4 is 17.7 Å². The van der Waals surface area contributed by atoms with Crippen LogP contribution in [0.25, 0.3) is 0 Å². The summed E-state index contributed by atoms with van der Waals surface area (Å²) >= 11 is 0. The van der Waals surface area contributed by atoms with Gasteiger partial charge in [0.05, 0.1) is 13.2 Å². The average Bonchev–Trinajstić information content (AvgIpc) is 2.35. The van der Waals surface area contributed by atoms with Crippen LogP contribution in [-0.4, -0.2) is 48.9 Å². The lowest BCUT2D eigenvalue weighted by molar-refractivity contribution is -0.121. The number of pyridine rings is 1. The summed E-state index contributed by atoms with van der Waals surface area (Å²) in [5.41, 5.74) is -0.131. The highest BCUT2D eigenvalue weighted by Crippen LogP contribution is 2.04. The molecular formula is C11H14N2O5. The van der Waals surface area contributed by atoms with Gasteiger partial charge in [0.15, 0.2) is 5.69 Å². The van der Waals surface area contributed by atoms with E-state index >= 15 is 0 Å². The van der Waals surface area contributed by atoms with Gasteiger partial charge < -0.3 is 19.9 Å². The first-order valence-corrected chi connectivity index (χ1v) is 5.20. The SMILES string of the molecule is COCCOCC(=O)Nc1cccc(C(=O)O)n1. The van der Waals surface area contributed by atoms with Gasteiger partial charge in [-0.25, -0.2) is 9.78 Å². The smallest absolute Gasteiger partial charge is 0.354 e. The maximum atomic E-state index is 11.4. The lowest BCUT2D eigenvalue weighted by Crippen LogP contribution is -2.20. The summed E-state index contributed by atoms with van der Waals surface area (Å²) in [5, 5.41) is 11.2. The normalized spacial score (nSPS) is 10.1. The molecule has 1 aromatic heterocycles. The molecule has 1 rings (SSSR count). The van der Waals surface area contributed by atoms with Gasteiger partial charge in [-0.2, -0.15) is 0 Å². The van der Waals surface area contributed by atoms with Crippen molar-refractivity contribution in [2.45, 2.75) is 0 Å². The molecule has 1 amide bonds. The largest absolute Gasteiger partial charge is 0.477 e. The number of carbonyl (C=O) groups is 2. The number of carboxylic acid groups (broad SMARTS) is 1. The molecule has 7 heteroatoms. The van der Waals surface area contributed by atoms with Crippen LogP contribution in [0.3, 0.4) is 0 Å². The molecule has 0 aliphatic rings. The highest BCUT2D eigenvalue weighted by Gasteiger charge is 2.07. The molecule has 0 saturated carbocycles. The Labute approximate surface area is 104 Å². The van der Waals surface area contributed by atoms with E-state index in [1.54, 1.807) is 0 Å². The van der Waals surface area contributed by atoms with Gasteiger partial charge in [-0.1, -0.05) is 6.07 Å². The molecule has 0 spiro atoms. The lowest BCUT2D eigenvalue weighted by Gasteiger charge is -2.05. The molecule has 0 atom stereocenters. The van der Waals surface area contributed by atoms with Crippen molar-refractivity contribution in [1.29, 1.82) is 0 Å². The van der Waals surface area contributed by atoms with Crippen molar-refractivity contribution in [3.63, 3.8) is 0 Å². The second-order valence-corrected chi connectivity index (χ2v) is 3.31. The van der Waals surface area contributed by atoms with E-state index in [2.05, 4.69) is 10.3 Å². The molecular weight excluding hydrogens is 240 g/mol. The molecule has 0 radical (unpaired) electrons. The number of ether oxygens (including phenoxy) is 2. The third-order valence-electron chi connectivity index (χ3n) is 1.90. The number of rotatable bonds is 7. The van der Waals surface area contributed by atoms with Crippen molar-refractivity contribution in [2.75, 3.05) is 32.2 Å². The molecule has 0 unspecified atom stereocenters. The number of nitrogens with zero attached hydrogens (tertiary/aromatic N) is 1. The maximum absolute atomic E-state index is 11.4. The number of anilines is 1. The maximum Gasteiger partial charge on any atom is 0.354 e. The van der Waals surface area contributed by atoms with E-state index < -0.39 is 11.9 Å². The predicted octanol–water partition coefficient (Wildman–Crippen LogP) is 0.381. The second-order valence-electron chi connectivity index (χ2n) is 3.31. The fourth-order valence-corrected chi connectivity index (χ4v) is 1.11. The van der Waals surface area contributed by atoms with Gasteiger partial charge in [0.2, 0.25) is 0 Å². The summed E-state index contributed by atoms with van der Waals surface area (Å²) in [5.74, 6) is -1.38. The summed E-state index contributed by atoms with van der Waals surface area (Å²) in [6.07, 6.45) is 0. The topological polar surface area (TPSA) is 97.8 Å². The lowest BCUT2D eigenvalue weighted by atomic mass is 10.3. The van der Waals surface area contributed by atoms with E-state index in [9.17, 15) is 9.59 Å². The number of methoxy groups -OCH3 is 1. The van der Waals surface area contributed by atoms with E-state index in [1.807, 2.05) is 0 Å². The molecule has 0 aliphatic heterocycles. The second kappa shape index (κ2) is 7.36. The Kier molecular flexibility index (Phi) is 5.75. The van der Waals surface area contributed by atoms with Crippen LogP contribution in [0.5, 0.6) is 0 Å². The number of nitrogens with one attached hydrogen (secondary N) is 1. The minimum absolute atomic E-state index is 0.131. The average molecular weight is 254 g/mol. The highest BCUT2D eigenvalue weighted by molar-refractivity contribution is 5.92. The Balaban J connectivity index is 2.44. The Bertz CT molecular complexity index is 422. The fraction of sp³-hybridized carbons (Fsp3) is 0.364. The zero-order valence-electron chi connectivity index (χ0n) is 9.88. The highest BCUT2D eigenvalue weighted by atomic mass is 16.5. The van der Waals surface area contributed by atoms with Gasteiger partial charge in [0, 0.05) is 7.11 Å². The van der Waals surface area contributed by atoms with Gasteiger partial charge in [-0.3, -0.25) is 4.79 Å². The van der Waals surface area contributed by atoms with E-state index in [1.165, 1.54) is 25.3 Å². The summed E-state index contributed by atoms with van der Waals surface area (Å²) in [6, 6.07) is 4.34. The zero-order valence-corrected chi connectivity index (χ0v) is 9.88.